The van der Waals surface area contributed by atoms with Crippen molar-refractivity contribution in [2.75, 3.05) is 6.61 Å². The van der Waals surface area contributed by atoms with Crippen LogP contribution in [0.15, 0.2) is 52.3 Å². The smallest absolute Gasteiger partial charge is 0.262 e. The molecule has 0 unspecified atom stereocenters. The second-order valence-corrected chi connectivity index (χ2v) is 10.1. The lowest BCUT2D eigenvalue weighted by atomic mass is 9.87. The minimum Gasteiger partial charge on any atom is -0.372 e. The van der Waals surface area contributed by atoms with E-state index in [1.807, 2.05) is 6.07 Å². The fraction of sp³-hybridized carbons (Fsp3) is 0.370. The van der Waals surface area contributed by atoms with Gasteiger partial charge in [-0.25, -0.2) is 15.0 Å². The van der Waals surface area contributed by atoms with E-state index in [9.17, 15) is 9.59 Å². The van der Waals surface area contributed by atoms with Gasteiger partial charge < -0.3 is 4.74 Å². The van der Waals surface area contributed by atoms with E-state index in [2.05, 4.69) is 15.0 Å². The molecule has 4 heterocycles. The standard InChI is InChI=1S/C27H26ClN5O3/c1-15-31-25-21(26(34)32(15)2)12-20(27(35)33(25)19-7-5-18(28)6-8-19)17-9-10-36-24(11-17)23-13-22(16-3-4-16)29-14-30-23/h5-8,12-14,16-17,24H,3-4,9-11H2,1-2H3/t17-,24+/m1/s1. The molecule has 2 fully saturated rings. The topological polar surface area (TPSA) is 91.9 Å². The van der Waals surface area contributed by atoms with Crippen molar-refractivity contribution in [2.24, 2.45) is 7.05 Å². The Bertz CT molecular complexity index is 1590. The van der Waals surface area contributed by atoms with Crippen molar-refractivity contribution in [1.82, 2.24) is 24.1 Å². The van der Waals surface area contributed by atoms with Crippen LogP contribution >= 0.6 is 11.6 Å². The number of nitrogens with zero attached hydrogens (tertiary/aromatic N) is 5. The average Bonchev–Trinajstić information content (AvgIpc) is 3.74. The van der Waals surface area contributed by atoms with Gasteiger partial charge in [0, 0.05) is 35.9 Å². The molecule has 0 radical (unpaired) electrons. The second-order valence-electron chi connectivity index (χ2n) is 9.70. The van der Waals surface area contributed by atoms with Crippen molar-refractivity contribution in [3.8, 4) is 5.69 Å². The van der Waals surface area contributed by atoms with E-state index in [1.54, 1.807) is 50.6 Å². The third-order valence-electron chi connectivity index (χ3n) is 7.33. The summed E-state index contributed by atoms with van der Waals surface area (Å²) in [6, 6.07) is 10.8. The average molecular weight is 504 g/mol. The van der Waals surface area contributed by atoms with Crippen molar-refractivity contribution in [2.45, 2.75) is 50.5 Å². The first kappa shape index (κ1) is 23.1. The molecular weight excluding hydrogens is 478 g/mol. The van der Waals surface area contributed by atoms with Crippen LogP contribution in [0.2, 0.25) is 5.02 Å². The summed E-state index contributed by atoms with van der Waals surface area (Å²) in [5, 5.41) is 0.976. The molecule has 3 aromatic heterocycles. The number of hydrogen-bond acceptors (Lipinski definition) is 6. The first-order chi connectivity index (χ1) is 17.4. The molecular formula is C27H26ClN5O3. The summed E-state index contributed by atoms with van der Waals surface area (Å²) in [4.78, 5) is 40.8. The number of aryl methyl sites for hydroxylation is 1. The van der Waals surface area contributed by atoms with E-state index < -0.39 is 0 Å². The van der Waals surface area contributed by atoms with E-state index in [0.717, 1.165) is 24.2 Å². The van der Waals surface area contributed by atoms with Gasteiger partial charge in [0.05, 0.1) is 16.8 Å². The Hall–Kier alpha value is -3.36. The number of rotatable bonds is 4. The molecule has 0 spiro atoms. The van der Waals surface area contributed by atoms with Crippen LogP contribution in [-0.4, -0.2) is 30.7 Å². The lowest BCUT2D eigenvalue weighted by Gasteiger charge is -2.29. The predicted octanol–water partition coefficient (Wildman–Crippen LogP) is 4.35. The lowest BCUT2D eigenvalue weighted by Crippen LogP contribution is -2.31. The number of pyridine rings is 1. The molecule has 0 bridgehead atoms. The van der Waals surface area contributed by atoms with Gasteiger partial charge in [-0.05, 0) is 74.9 Å². The third kappa shape index (κ3) is 4.04. The van der Waals surface area contributed by atoms with Crippen LogP contribution in [0.1, 0.15) is 66.4 Å². The molecule has 1 saturated carbocycles. The molecule has 6 rings (SSSR count). The monoisotopic (exact) mass is 503 g/mol. The SMILES string of the molecule is Cc1nc2c(cc([C@@H]3CCO[C@H](c4cc(C5CC5)ncn4)C3)c(=O)n2-c2ccc(Cl)cc2)c(=O)n1C. The minimum atomic E-state index is -0.234. The second kappa shape index (κ2) is 8.94. The van der Waals surface area contributed by atoms with Crippen molar-refractivity contribution >= 4 is 22.6 Å². The summed E-state index contributed by atoms with van der Waals surface area (Å²) in [6.45, 7) is 2.26. The zero-order valence-electron chi connectivity index (χ0n) is 20.1. The first-order valence-electron chi connectivity index (χ1n) is 12.2. The number of benzene rings is 1. The van der Waals surface area contributed by atoms with Gasteiger partial charge in [0.25, 0.3) is 11.1 Å². The number of aromatic nitrogens is 5. The van der Waals surface area contributed by atoms with Gasteiger partial charge in [0.15, 0.2) is 5.65 Å². The molecule has 184 valence electrons. The molecule has 0 N–H and O–H groups in total. The maximum Gasteiger partial charge on any atom is 0.262 e. The summed E-state index contributed by atoms with van der Waals surface area (Å²) in [5.74, 6) is 0.957. The fourth-order valence-electron chi connectivity index (χ4n) is 5.03. The van der Waals surface area contributed by atoms with Gasteiger partial charge in [-0.3, -0.25) is 18.7 Å². The lowest BCUT2D eigenvalue weighted by molar-refractivity contribution is 0.00238. The number of fused-ring (bicyclic) bond motifs is 1. The molecule has 36 heavy (non-hydrogen) atoms. The van der Waals surface area contributed by atoms with Gasteiger partial charge in [-0.15, -0.1) is 0 Å². The molecule has 2 atom stereocenters. The highest BCUT2D eigenvalue weighted by Gasteiger charge is 2.31. The van der Waals surface area contributed by atoms with Crippen LogP contribution in [0.4, 0.5) is 0 Å². The van der Waals surface area contributed by atoms with Crippen LogP contribution in [-0.2, 0) is 11.8 Å². The Labute approximate surface area is 212 Å². The van der Waals surface area contributed by atoms with Gasteiger partial charge in [0.2, 0.25) is 0 Å². The van der Waals surface area contributed by atoms with E-state index in [0.29, 0.717) is 58.5 Å². The molecule has 1 aromatic carbocycles. The van der Waals surface area contributed by atoms with Crippen LogP contribution in [0.5, 0.6) is 0 Å². The molecule has 1 aliphatic carbocycles. The molecule has 1 aliphatic heterocycles. The number of hydrogen-bond donors (Lipinski definition) is 0. The molecule has 1 saturated heterocycles. The highest BCUT2D eigenvalue weighted by atomic mass is 35.5. The summed E-state index contributed by atoms with van der Waals surface area (Å²) in [5.41, 5.74) is 3.09. The van der Waals surface area contributed by atoms with Crippen LogP contribution < -0.4 is 11.1 Å². The Morgan fingerprint density at radius 3 is 2.47 bits per heavy atom. The Morgan fingerprint density at radius 2 is 1.72 bits per heavy atom. The largest absolute Gasteiger partial charge is 0.372 e. The van der Waals surface area contributed by atoms with E-state index in [4.69, 9.17) is 16.3 Å². The fourth-order valence-corrected chi connectivity index (χ4v) is 5.15. The number of halogens is 1. The molecule has 0 amide bonds. The Kier molecular flexibility index (Phi) is 5.73. The summed E-state index contributed by atoms with van der Waals surface area (Å²) >= 11 is 6.11. The maximum absolute atomic E-state index is 14.0. The normalized spacial score (nSPS) is 20.1. The van der Waals surface area contributed by atoms with Crippen LogP contribution in [0, 0.1) is 6.92 Å². The van der Waals surface area contributed by atoms with Crippen molar-refractivity contribution in [3.63, 3.8) is 0 Å². The number of ether oxygens (including phenoxy) is 1. The molecule has 2 aliphatic rings. The van der Waals surface area contributed by atoms with E-state index in [-0.39, 0.29) is 23.1 Å². The van der Waals surface area contributed by atoms with Crippen LogP contribution in [0.25, 0.3) is 16.7 Å². The highest BCUT2D eigenvalue weighted by Crippen LogP contribution is 2.41. The maximum atomic E-state index is 14.0. The zero-order chi connectivity index (χ0) is 25.0. The Balaban J connectivity index is 1.48. The summed E-state index contributed by atoms with van der Waals surface area (Å²) in [6.07, 6.45) is 4.97. The van der Waals surface area contributed by atoms with Gasteiger partial charge in [-0.1, -0.05) is 11.6 Å². The Morgan fingerprint density at radius 1 is 0.972 bits per heavy atom. The quantitative estimate of drug-likeness (QED) is 0.411. The zero-order valence-corrected chi connectivity index (χ0v) is 20.9. The van der Waals surface area contributed by atoms with Gasteiger partial charge in [0.1, 0.15) is 18.3 Å². The molecule has 9 heteroatoms. The molecule has 4 aromatic rings. The van der Waals surface area contributed by atoms with E-state index in [1.165, 1.54) is 9.13 Å². The van der Waals surface area contributed by atoms with Crippen molar-refractivity contribution in [1.29, 1.82) is 0 Å². The molecule has 8 nitrogen and oxygen atoms in total. The van der Waals surface area contributed by atoms with Crippen LogP contribution in [0.3, 0.4) is 0 Å². The summed E-state index contributed by atoms with van der Waals surface area (Å²) in [7, 11) is 1.69. The first-order valence-corrected chi connectivity index (χ1v) is 12.6. The van der Waals surface area contributed by atoms with Crippen molar-refractivity contribution in [3.05, 3.63) is 91.2 Å². The van der Waals surface area contributed by atoms with Crippen molar-refractivity contribution < 1.29 is 4.74 Å². The minimum absolute atomic E-state index is 0.0930. The van der Waals surface area contributed by atoms with Gasteiger partial charge in [-0.2, -0.15) is 0 Å². The van der Waals surface area contributed by atoms with Gasteiger partial charge >= 0.3 is 0 Å². The predicted molar refractivity (Wildman–Crippen MR) is 137 cm³/mol. The highest BCUT2D eigenvalue weighted by molar-refractivity contribution is 6.30. The van der Waals surface area contributed by atoms with E-state index >= 15 is 0 Å². The third-order valence-corrected chi connectivity index (χ3v) is 7.59. The summed E-state index contributed by atoms with van der Waals surface area (Å²) < 4.78 is 9.14.